The maximum absolute atomic E-state index is 12.6. The lowest BCUT2D eigenvalue weighted by Gasteiger charge is -2.24. The normalized spacial score (nSPS) is 12.6. The van der Waals surface area contributed by atoms with E-state index in [-0.39, 0.29) is 20.6 Å². The minimum absolute atomic E-state index is 0.00469. The number of nitrogens with one attached hydrogen (secondary N) is 1. The number of nitrogens with zero attached hydrogens (tertiary/aromatic N) is 1. The van der Waals surface area contributed by atoms with Crippen molar-refractivity contribution in [1.29, 1.82) is 0 Å². The summed E-state index contributed by atoms with van der Waals surface area (Å²) in [5.74, 6) is 0. The van der Waals surface area contributed by atoms with Crippen molar-refractivity contribution in [2.24, 2.45) is 0 Å². The molecule has 0 atom stereocenters. The van der Waals surface area contributed by atoms with Gasteiger partial charge in [-0.3, -0.25) is 0 Å². The summed E-state index contributed by atoms with van der Waals surface area (Å²) in [5.41, 5.74) is 4.85. The van der Waals surface area contributed by atoms with Crippen molar-refractivity contribution in [1.82, 2.24) is 9.71 Å². The first-order valence-electron chi connectivity index (χ1n) is 5.82. The largest absolute Gasteiger partial charge is 0.398 e. The molecular formula is C12H13Cl2N3O2S2. The van der Waals surface area contributed by atoms with Gasteiger partial charge in [-0.15, -0.1) is 11.3 Å². The molecule has 0 bridgehead atoms. The molecule has 0 fully saturated rings. The van der Waals surface area contributed by atoms with E-state index in [1.807, 2.05) is 0 Å². The molecule has 0 aliphatic rings. The van der Waals surface area contributed by atoms with E-state index >= 15 is 0 Å². The Balaban J connectivity index is 2.45. The zero-order chi connectivity index (χ0) is 15.8. The number of nitrogen functional groups attached to an aromatic ring is 1. The first-order chi connectivity index (χ1) is 9.63. The number of hydrogen-bond donors (Lipinski definition) is 2. The van der Waals surface area contributed by atoms with Crippen LogP contribution in [0.15, 0.2) is 28.6 Å². The van der Waals surface area contributed by atoms with Crippen LogP contribution in [0.2, 0.25) is 10.0 Å². The van der Waals surface area contributed by atoms with E-state index in [9.17, 15) is 8.42 Å². The van der Waals surface area contributed by atoms with E-state index in [0.717, 1.165) is 0 Å². The summed E-state index contributed by atoms with van der Waals surface area (Å²) in [5, 5.41) is 2.66. The number of halogens is 2. The van der Waals surface area contributed by atoms with Crippen LogP contribution in [-0.2, 0) is 15.6 Å². The molecule has 9 heteroatoms. The summed E-state index contributed by atoms with van der Waals surface area (Å²) in [6.45, 7) is 3.42. The first-order valence-corrected chi connectivity index (χ1v) is 8.94. The molecule has 2 rings (SSSR count). The highest BCUT2D eigenvalue weighted by atomic mass is 35.5. The van der Waals surface area contributed by atoms with Gasteiger partial charge in [-0.2, -0.15) is 4.72 Å². The Morgan fingerprint density at radius 1 is 1.33 bits per heavy atom. The molecule has 0 aliphatic heterocycles. The van der Waals surface area contributed by atoms with Crippen LogP contribution in [0.25, 0.3) is 0 Å². The van der Waals surface area contributed by atoms with Crippen LogP contribution >= 0.6 is 34.5 Å². The number of hydrogen-bond acceptors (Lipinski definition) is 5. The summed E-state index contributed by atoms with van der Waals surface area (Å²) in [6.07, 6.45) is 1.61. The Labute approximate surface area is 137 Å². The number of aromatic nitrogens is 1. The summed E-state index contributed by atoms with van der Waals surface area (Å²) in [4.78, 5) is 3.95. The van der Waals surface area contributed by atoms with Gasteiger partial charge in [-0.05, 0) is 26.0 Å². The maximum atomic E-state index is 12.6. The monoisotopic (exact) mass is 365 g/mol. The van der Waals surface area contributed by atoms with Gasteiger partial charge in [0.1, 0.15) is 9.90 Å². The zero-order valence-electron chi connectivity index (χ0n) is 11.2. The molecule has 0 aliphatic carbocycles. The fourth-order valence-corrected chi connectivity index (χ4v) is 4.98. The lowest BCUT2D eigenvalue weighted by molar-refractivity contribution is 0.470. The highest BCUT2D eigenvalue weighted by Gasteiger charge is 2.32. The van der Waals surface area contributed by atoms with E-state index < -0.39 is 15.6 Å². The summed E-state index contributed by atoms with van der Waals surface area (Å²) in [6, 6.07) is 2.68. The fourth-order valence-electron chi connectivity index (χ4n) is 1.83. The second kappa shape index (κ2) is 5.73. The highest BCUT2D eigenvalue weighted by Crippen LogP contribution is 2.33. The van der Waals surface area contributed by atoms with Crippen LogP contribution in [0.3, 0.4) is 0 Å². The van der Waals surface area contributed by atoms with E-state index in [1.54, 1.807) is 25.4 Å². The average Bonchev–Trinajstić information content (AvgIpc) is 2.78. The van der Waals surface area contributed by atoms with E-state index in [2.05, 4.69) is 9.71 Å². The molecule has 1 aromatic carbocycles. The lowest BCUT2D eigenvalue weighted by atomic mass is 10.1. The van der Waals surface area contributed by atoms with Crippen molar-refractivity contribution in [3.8, 4) is 0 Å². The van der Waals surface area contributed by atoms with Crippen LogP contribution < -0.4 is 10.5 Å². The van der Waals surface area contributed by atoms with Gasteiger partial charge in [-0.1, -0.05) is 23.2 Å². The lowest BCUT2D eigenvalue weighted by Crippen LogP contribution is -2.41. The van der Waals surface area contributed by atoms with Gasteiger partial charge in [0.25, 0.3) is 0 Å². The van der Waals surface area contributed by atoms with Crippen molar-refractivity contribution in [2.45, 2.75) is 24.3 Å². The Bertz CT molecular complexity index is 736. The van der Waals surface area contributed by atoms with E-state index in [0.29, 0.717) is 5.01 Å². The molecule has 5 nitrogen and oxygen atoms in total. The molecule has 0 spiro atoms. The fraction of sp³-hybridized carbons (Fsp3) is 0.250. The molecule has 1 heterocycles. The molecule has 2 aromatic rings. The van der Waals surface area contributed by atoms with Crippen molar-refractivity contribution >= 4 is 50.2 Å². The summed E-state index contributed by atoms with van der Waals surface area (Å²) >= 11 is 13.1. The Kier molecular flexibility index (Phi) is 4.51. The third kappa shape index (κ3) is 3.49. The van der Waals surface area contributed by atoms with Gasteiger partial charge in [0.15, 0.2) is 0 Å². The number of benzene rings is 1. The average molecular weight is 366 g/mol. The Morgan fingerprint density at radius 2 is 2.00 bits per heavy atom. The Hall–Kier alpha value is -0.860. The minimum atomic E-state index is -3.92. The molecule has 3 N–H and O–H groups in total. The van der Waals surface area contributed by atoms with Crippen molar-refractivity contribution in [3.63, 3.8) is 0 Å². The predicted octanol–water partition coefficient (Wildman–Crippen LogP) is 3.25. The quantitative estimate of drug-likeness (QED) is 0.814. The molecule has 0 saturated heterocycles. The number of anilines is 1. The number of thiazole rings is 1. The molecule has 1 aromatic heterocycles. The number of nitrogens with two attached hydrogens (primary N) is 1. The molecular weight excluding hydrogens is 353 g/mol. The van der Waals surface area contributed by atoms with Gasteiger partial charge < -0.3 is 5.73 Å². The first kappa shape index (κ1) is 16.5. The molecule has 21 heavy (non-hydrogen) atoms. The van der Waals surface area contributed by atoms with Crippen molar-refractivity contribution in [3.05, 3.63) is 38.8 Å². The maximum Gasteiger partial charge on any atom is 0.244 e. The van der Waals surface area contributed by atoms with Gasteiger partial charge in [0.2, 0.25) is 10.0 Å². The van der Waals surface area contributed by atoms with Gasteiger partial charge in [0, 0.05) is 16.6 Å². The van der Waals surface area contributed by atoms with Crippen LogP contribution in [-0.4, -0.2) is 13.4 Å². The minimum Gasteiger partial charge on any atom is -0.398 e. The highest BCUT2D eigenvalue weighted by molar-refractivity contribution is 7.89. The number of sulfonamides is 1. The molecule has 0 saturated carbocycles. The second-order valence-corrected chi connectivity index (χ2v) is 8.23. The zero-order valence-corrected chi connectivity index (χ0v) is 14.4. The molecule has 0 unspecified atom stereocenters. The van der Waals surface area contributed by atoms with Crippen molar-refractivity contribution in [2.75, 3.05) is 5.73 Å². The summed E-state index contributed by atoms with van der Waals surface area (Å²) < 4.78 is 27.7. The smallest absolute Gasteiger partial charge is 0.244 e. The van der Waals surface area contributed by atoms with Crippen LogP contribution in [0.5, 0.6) is 0 Å². The predicted molar refractivity (Wildman–Crippen MR) is 86.3 cm³/mol. The second-order valence-electron chi connectivity index (χ2n) is 4.87. The standard InChI is InChI=1S/C12H13Cl2N3O2S2/c1-12(2,11-16-3-4-20-11)17-21(18,19)10-8(14)5-7(13)6-9(10)15/h3-6,17H,15H2,1-2H3. The van der Waals surface area contributed by atoms with Crippen LogP contribution in [0.4, 0.5) is 5.69 Å². The third-order valence-corrected chi connectivity index (χ3v) is 6.16. The van der Waals surface area contributed by atoms with Gasteiger partial charge in [0.05, 0.1) is 16.2 Å². The number of rotatable bonds is 4. The molecule has 0 radical (unpaired) electrons. The van der Waals surface area contributed by atoms with Gasteiger partial charge >= 0.3 is 0 Å². The Morgan fingerprint density at radius 3 is 2.52 bits per heavy atom. The van der Waals surface area contributed by atoms with E-state index in [4.69, 9.17) is 28.9 Å². The van der Waals surface area contributed by atoms with Crippen molar-refractivity contribution < 1.29 is 8.42 Å². The van der Waals surface area contributed by atoms with Crippen LogP contribution in [0, 0.1) is 0 Å². The third-order valence-electron chi connectivity index (χ3n) is 2.66. The SMILES string of the molecule is CC(C)(NS(=O)(=O)c1c(N)cc(Cl)cc1Cl)c1nccs1. The summed E-state index contributed by atoms with van der Waals surface area (Å²) in [7, 11) is -3.92. The van der Waals surface area contributed by atoms with Gasteiger partial charge in [-0.25, -0.2) is 13.4 Å². The molecule has 114 valence electrons. The van der Waals surface area contributed by atoms with E-state index in [1.165, 1.54) is 23.5 Å². The molecule has 0 amide bonds. The van der Waals surface area contributed by atoms with Crippen LogP contribution in [0.1, 0.15) is 18.9 Å². The topological polar surface area (TPSA) is 85.1 Å².